The molecule has 1 fully saturated rings. The Balaban J connectivity index is 1.83. The van der Waals surface area contributed by atoms with Gasteiger partial charge in [-0.25, -0.2) is 0 Å². The number of benzene rings is 2. The van der Waals surface area contributed by atoms with Crippen LogP contribution in [0.15, 0.2) is 24.3 Å². The second kappa shape index (κ2) is 13.8. The van der Waals surface area contributed by atoms with Crippen LogP contribution in [0.25, 0.3) is 0 Å². The second-order valence-corrected chi connectivity index (χ2v) is 9.28. The van der Waals surface area contributed by atoms with Crippen molar-refractivity contribution >= 4 is 24.2 Å². The van der Waals surface area contributed by atoms with Crippen LogP contribution in [0.1, 0.15) is 39.9 Å². The molecule has 1 aliphatic rings. The third-order valence-electron chi connectivity index (χ3n) is 6.73. The third-order valence-corrected chi connectivity index (χ3v) is 6.73. The third kappa shape index (κ3) is 7.00. The van der Waals surface area contributed by atoms with E-state index in [1.165, 1.54) is 7.05 Å². The van der Waals surface area contributed by atoms with E-state index in [1.54, 1.807) is 11.9 Å². The molecule has 0 saturated carbocycles. The number of hydrogen-bond donors (Lipinski definition) is 5. The fourth-order valence-corrected chi connectivity index (χ4v) is 4.53. The minimum Gasteiger partial charge on any atom is -0.504 e. The minimum atomic E-state index is -0.814. The molecule has 0 spiro atoms. The summed E-state index contributed by atoms with van der Waals surface area (Å²) in [6, 6.07) is 7.25. The number of carbonyl (C=O) groups excluding carboxylic acids is 3. The number of morpholine rings is 1. The Labute approximate surface area is 222 Å². The standard InChI is InChI=1S/C27H36N4O7/c1-28-27(37)22(4-3-11-32)30(2)16-20-21(17-33)24(34)26(36)25(35)23(20)29-14-18-5-7-19(8-6-18)15-31-9-12-38-13-10-31/h5-8,11,17,22,29,34-36H,3-4,9-10,12-16H2,1-2H3,(H,28,37). The van der Waals surface area contributed by atoms with Crippen LogP contribution < -0.4 is 10.6 Å². The fraction of sp³-hybridized carbons (Fsp3) is 0.444. The predicted molar refractivity (Wildman–Crippen MR) is 141 cm³/mol. The first-order valence-corrected chi connectivity index (χ1v) is 12.5. The summed E-state index contributed by atoms with van der Waals surface area (Å²) in [5.41, 5.74) is 2.12. The zero-order chi connectivity index (χ0) is 27.7. The summed E-state index contributed by atoms with van der Waals surface area (Å²) in [7, 11) is 3.12. The molecular weight excluding hydrogens is 492 g/mol. The van der Waals surface area contributed by atoms with Gasteiger partial charge in [-0.3, -0.25) is 19.4 Å². The number of amides is 1. The topological polar surface area (TPSA) is 152 Å². The Kier molecular flexibility index (Phi) is 10.5. The van der Waals surface area contributed by atoms with Crippen molar-refractivity contribution in [3.8, 4) is 17.2 Å². The molecule has 3 rings (SSSR count). The lowest BCUT2D eigenvalue weighted by molar-refractivity contribution is -0.126. The quantitative estimate of drug-likeness (QED) is 0.147. The average molecular weight is 529 g/mol. The zero-order valence-corrected chi connectivity index (χ0v) is 21.8. The van der Waals surface area contributed by atoms with Gasteiger partial charge in [-0.2, -0.15) is 0 Å². The molecule has 0 aliphatic carbocycles. The Morgan fingerprint density at radius 1 is 1.08 bits per heavy atom. The van der Waals surface area contributed by atoms with Crippen LogP contribution in [0.2, 0.25) is 0 Å². The van der Waals surface area contributed by atoms with E-state index in [4.69, 9.17) is 4.74 Å². The second-order valence-electron chi connectivity index (χ2n) is 9.28. The molecule has 1 aliphatic heterocycles. The number of aldehydes is 2. The van der Waals surface area contributed by atoms with Gasteiger partial charge in [-0.15, -0.1) is 0 Å². The highest BCUT2D eigenvalue weighted by Gasteiger charge is 2.28. The van der Waals surface area contributed by atoms with Crippen molar-refractivity contribution in [2.24, 2.45) is 0 Å². The van der Waals surface area contributed by atoms with Crippen molar-refractivity contribution < 1.29 is 34.4 Å². The smallest absolute Gasteiger partial charge is 0.237 e. The number of phenols is 3. The summed E-state index contributed by atoms with van der Waals surface area (Å²) in [6.45, 7) is 4.28. The highest BCUT2D eigenvalue weighted by atomic mass is 16.5. The molecule has 0 bridgehead atoms. The lowest BCUT2D eigenvalue weighted by Crippen LogP contribution is -2.43. The number of likely N-dealkylation sites (N-methyl/N-ethyl adjacent to an activating group) is 2. The van der Waals surface area contributed by atoms with Crippen LogP contribution in [-0.2, 0) is 34.0 Å². The van der Waals surface area contributed by atoms with E-state index in [9.17, 15) is 29.7 Å². The lowest BCUT2D eigenvalue weighted by atomic mass is 10.0. The summed E-state index contributed by atoms with van der Waals surface area (Å²) in [6.07, 6.45) is 1.51. The highest BCUT2D eigenvalue weighted by Crippen LogP contribution is 2.46. The van der Waals surface area contributed by atoms with Crippen LogP contribution >= 0.6 is 0 Å². The monoisotopic (exact) mass is 528 g/mol. The Hall–Kier alpha value is -3.67. The van der Waals surface area contributed by atoms with Crippen LogP contribution in [0.3, 0.4) is 0 Å². The first-order chi connectivity index (χ1) is 18.3. The summed E-state index contributed by atoms with van der Waals surface area (Å²) < 4.78 is 5.39. The molecule has 0 aromatic heterocycles. The van der Waals surface area contributed by atoms with Gasteiger partial charge in [0.1, 0.15) is 6.29 Å². The van der Waals surface area contributed by atoms with E-state index >= 15 is 0 Å². The summed E-state index contributed by atoms with van der Waals surface area (Å²) >= 11 is 0. The molecule has 1 amide bonds. The maximum Gasteiger partial charge on any atom is 0.237 e. The molecule has 38 heavy (non-hydrogen) atoms. The zero-order valence-electron chi connectivity index (χ0n) is 21.8. The van der Waals surface area contributed by atoms with Crippen molar-refractivity contribution in [2.45, 2.75) is 38.5 Å². The minimum absolute atomic E-state index is 0.0345. The number of ether oxygens (including phenoxy) is 1. The fourth-order valence-electron chi connectivity index (χ4n) is 4.53. The highest BCUT2D eigenvalue weighted by molar-refractivity contribution is 5.90. The average Bonchev–Trinajstić information content (AvgIpc) is 2.93. The molecule has 11 nitrogen and oxygen atoms in total. The van der Waals surface area contributed by atoms with E-state index in [0.717, 1.165) is 50.3 Å². The van der Waals surface area contributed by atoms with Gasteiger partial charge in [0, 0.05) is 51.8 Å². The van der Waals surface area contributed by atoms with Crippen molar-refractivity contribution in [2.75, 3.05) is 45.7 Å². The Bertz CT molecular complexity index is 1120. The molecule has 2 aromatic rings. The number of aromatic hydroxyl groups is 3. The van der Waals surface area contributed by atoms with Gasteiger partial charge in [0.25, 0.3) is 0 Å². The SMILES string of the molecule is CNC(=O)C(CCC=O)N(C)Cc1c(C=O)c(O)c(O)c(O)c1NCc1ccc(CN2CCOCC2)cc1. The molecule has 1 unspecified atom stereocenters. The van der Waals surface area contributed by atoms with Gasteiger partial charge in [0.15, 0.2) is 17.8 Å². The molecule has 1 heterocycles. The number of hydrogen-bond acceptors (Lipinski definition) is 10. The van der Waals surface area contributed by atoms with Crippen molar-refractivity contribution in [3.63, 3.8) is 0 Å². The van der Waals surface area contributed by atoms with Crippen LogP contribution in [0, 0.1) is 0 Å². The number of nitrogens with zero attached hydrogens (tertiary/aromatic N) is 2. The van der Waals surface area contributed by atoms with Gasteiger partial charge in [-0.05, 0) is 24.6 Å². The van der Waals surface area contributed by atoms with E-state index in [-0.39, 0.29) is 48.7 Å². The molecular formula is C27H36N4O7. The van der Waals surface area contributed by atoms with Crippen molar-refractivity contribution in [1.82, 2.24) is 15.1 Å². The van der Waals surface area contributed by atoms with E-state index < -0.39 is 23.3 Å². The first kappa shape index (κ1) is 28.9. The van der Waals surface area contributed by atoms with Crippen molar-refractivity contribution in [3.05, 3.63) is 46.5 Å². The van der Waals surface area contributed by atoms with Gasteiger partial charge in [0.2, 0.25) is 11.7 Å². The van der Waals surface area contributed by atoms with Gasteiger partial charge < -0.3 is 35.5 Å². The van der Waals surface area contributed by atoms with E-state index in [2.05, 4.69) is 15.5 Å². The molecule has 11 heteroatoms. The van der Waals surface area contributed by atoms with Gasteiger partial charge in [-0.1, -0.05) is 24.3 Å². The van der Waals surface area contributed by atoms with Gasteiger partial charge in [0.05, 0.1) is 30.5 Å². The number of nitrogens with one attached hydrogen (secondary N) is 2. The number of carbonyl (C=O) groups is 3. The van der Waals surface area contributed by atoms with E-state index in [0.29, 0.717) is 6.29 Å². The number of rotatable bonds is 13. The molecule has 5 N–H and O–H groups in total. The molecule has 0 radical (unpaired) electrons. The predicted octanol–water partition coefficient (Wildman–Crippen LogP) is 1.59. The van der Waals surface area contributed by atoms with E-state index in [1.807, 2.05) is 24.3 Å². The largest absolute Gasteiger partial charge is 0.504 e. The summed E-state index contributed by atoms with van der Waals surface area (Å²) in [4.78, 5) is 39.2. The van der Waals surface area contributed by atoms with Crippen molar-refractivity contribution in [1.29, 1.82) is 0 Å². The van der Waals surface area contributed by atoms with Gasteiger partial charge >= 0.3 is 0 Å². The normalized spacial score (nSPS) is 14.7. The first-order valence-electron chi connectivity index (χ1n) is 12.5. The van der Waals surface area contributed by atoms with Crippen LogP contribution in [0.5, 0.6) is 17.2 Å². The molecule has 2 aromatic carbocycles. The summed E-state index contributed by atoms with van der Waals surface area (Å²) in [5.74, 6) is -2.49. The maximum absolute atomic E-state index is 12.4. The Morgan fingerprint density at radius 2 is 1.74 bits per heavy atom. The maximum atomic E-state index is 12.4. The molecule has 206 valence electrons. The van der Waals surface area contributed by atoms with Crippen LogP contribution in [-0.4, -0.2) is 90.0 Å². The number of phenolic OH excluding ortho intramolecular Hbond substituents is 3. The lowest BCUT2D eigenvalue weighted by Gasteiger charge is -2.28. The number of anilines is 1. The molecule has 1 atom stereocenters. The summed E-state index contributed by atoms with van der Waals surface area (Å²) in [5, 5.41) is 37.0. The van der Waals surface area contributed by atoms with Crippen LogP contribution in [0.4, 0.5) is 5.69 Å². The molecule has 1 saturated heterocycles. The Morgan fingerprint density at radius 3 is 2.34 bits per heavy atom.